The molecular weight excluding hydrogens is 222 g/mol. The van der Waals surface area contributed by atoms with Crippen molar-refractivity contribution in [3.05, 3.63) is 12.2 Å². The Bertz CT molecular complexity index is 382. The third kappa shape index (κ3) is 2.14. The first-order chi connectivity index (χ1) is 7.65. The fraction of sp³-hybridized carbons (Fsp3) is 0.727. The van der Waals surface area contributed by atoms with Gasteiger partial charge in [0.15, 0.2) is 5.78 Å². The molecule has 1 fully saturated rings. The summed E-state index contributed by atoms with van der Waals surface area (Å²) >= 11 is 1.78. The summed E-state index contributed by atoms with van der Waals surface area (Å²) in [6.07, 6.45) is 4.08. The highest BCUT2D eigenvalue weighted by Gasteiger charge is 2.37. The van der Waals surface area contributed by atoms with Gasteiger partial charge in [0.05, 0.1) is 11.2 Å². The maximum Gasteiger partial charge on any atom is 0.156 e. The molecule has 4 nitrogen and oxygen atoms in total. The number of carbonyl (C=O) groups excluding carboxylic acids is 1. The second-order valence-corrected chi connectivity index (χ2v) is 5.87. The summed E-state index contributed by atoms with van der Waals surface area (Å²) in [5, 5.41) is 4.08. The Morgan fingerprint density at radius 1 is 1.69 bits per heavy atom. The minimum Gasteiger partial charge on any atom is -0.298 e. The van der Waals surface area contributed by atoms with Gasteiger partial charge in [-0.25, -0.2) is 9.67 Å². The number of nitrogens with zero attached hydrogens (tertiary/aromatic N) is 3. The predicted octanol–water partition coefficient (Wildman–Crippen LogP) is 1.70. The monoisotopic (exact) mass is 239 g/mol. The van der Waals surface area contributed by atoms with Gasteiger partial charge in [-0.05, 0) is 32.4 Å². The molecular formula is C11H17N3OS. The molecule has 1 aliphatic heterocycles. The zero-order valence-electron chi connectivity index (χ0n) is 9.77. The lowest BCUT2D eigenvalue weighted by Crippen LogP contribution is -2.31. The lowest BCUT2D eigenvalue weighted by molar-refractivity contribution is -0.120. The van der Waals surface area contributed by atoms with Gasteiger partial charge in [-0.15, -0.1) is 11.8 Å². The fourth-order valence-corrected chi connectivity index (χ4v) is 3.28. The number of aromatic nitrogens is 3. The van der Waals surface area contributed by atoms with E-state index in [1.165, 1.54) is 6.33 Å². The Labute approximate surface area is 99.8 Å². The molecule has 0 radical (unpaired) electrons. The van der Waals surface area contributed by atoms with Crippen molar-refractivity contribution in [3.63, 3.8) is 0 Å². The highest BCUT2D eigenvalue weighted by molar-refractivity contribution is 8.01. The second-order valence-electron chi connectivity index (χ2n) is 4.27. The van der Waals surface area contributed by atoms with E-state index in [1.807, 2.05) is 6.92 Å². The minimum absolute atomic E-state index is 0.190. The number of carbonyl (C=O) groups is 1. The normalized spacial score (nSPS) is 24.9. The van der Waals surface area contributed by atoms with Gasteiger partial charge in [-0.1, -0.05) is 0 Å². The molecule has 16 heavy (non-hydrogen) atoms. The van der Waals surface area contributed by atoms with Gasteiger partial charge >= 0.3 is 0 Å². The summed E-state index contributed by atoms with van der Waals surface area (Å²) in [6, 6.07) is 0. The van der Waals surface area contributed by atoms with Crippen LogP contribution in [0.2, 0.25) is 0 Å². The van der Waals surface area contributed by atoms with Crippen LogP contribution in [0.4, 0.5) is 0 Å². The summed E-state index contributed by atoms with van der Waals surface area (Å²) in [4.78, 5) is 16.4. The molecule has 2 rings (SSSR count). The predicted molar refractivity (Wildman–Crippen MR) is 64.5 cm³/mol. The highest BCUT2D eigenvalue weighted by Crippen LogP contribution is 2.38. The molecule has 1 atom stereocenters. The van der Waals surface area contributed by atoms with Crippen LogP contribution in [0.25, 0.3) is 0 Å². The first-order valence-electron chi connectivity index (χ1n) is 5.69. The molecule has 1 aromatic rings. The third-order valence-electron chi connectivity index (χ3n) is 3.12. The second kappa shape index (κ2) is 4.57. The van der Waals surface area contributed by atoms with Crippen molar-refractivity contribution >= 4 is 17.5 Å². The van der Waals surface area contributed by atoms with Crippen molar-refractivity contribution in [1.29, 1.82) is 0 Å². The van der Waals surface area contributed by atoms with Gasteiger partial charge in [0.1, 0.15) is 12.2 Å². The first-order valence-corrected chi connectivity index (χ1v) is 6.68. The summed E-state index contributed by atoms with van der Waals surface area (Å²) in [5.74, 6) is 2.18. The lowest BCUT2D eigenvalue weighted by Gasteiger charge is -2.20. The quantitative estimate of drug-likeness (QED) is 0.802. The maximum absolute atomic E-state index is 12.2. The van der Waals surface area contributed by atoms with Crippen LogP contribution in [0.1, 0.15) is 32.5 Å². The van der Waals surface area contributed by atoms with E-state index in [0.29, 0.717) is 6.42 Å². The zero-order chi connectivity index (χ0) is 11.6. The molecule has 88 valence electrons. The van der Waals surface area contributed by atoms with Crippen LogP contribution in [-0.2, 0) is 17.8 Å². The molecule has 0 aliphatic carbocycles. The van der Waals surface area contributed by atoms with E-state index in [9.17, 15) is 4.79 Å². The SMILES string of the molecule is CCn1ncnc1CC(=O)C1(C)CCCS1. The van der Waals surface area contributed by atoms with Crippen LogP contribution >= 0.6 is 11.8 Å². The molecule has 0 N–H and O–H groups in total. The molecule has 0 saturated carbocycles. The Balaban J connectivity index is 2.07. The first kappa shape index (κ1) is 11.6. The molecule has 0 aromatic carbocycles. The van der Waals surface area contributed by atoms with Crippen LogP contribution in [0.15, 0.2) is 6.33 Å². The van der Waals surface area contributed by atoms with Gasteiger partial charge < -0.3 is 0 Å². The van der Waals surface area contributed by atoms with Crippen molar-refractivity contribution in [2.75, 3.05) is 5.75 Å². The number of thioether (sulfide) groups is 1. The summed E-state index contributed by atoms with van der Waals surface area (Å²) in [6.45, 7) is 4.83. The Hall–Kier alpha value is -0.840. The molecule has 1 aromatic heterocycles. The number of Topliss-reactive ketones (excluding diaryl/α,β-unsaturated/α-hetero) is 1. The Kier molecular flexibility index (Phi) is 3.33. The van der Waals surface area contributed by atoms with Crippen LogP contribution in [0.5, 0.6) is 0 Å². The Morgan fingerprint density at radius 3 is 3.12 bits per heavy atom. The average molecular weight is 239 g/mol. The van der Waals surface area contributed by atoms with E-state index < -0.39 is 0 Å². The topological polar surface area (TPSA) is 47.8 Å². The van der Waals surface area contributed by atoms with Crippen molar-refractivity contribution in [1.82, 2.24) is 14.8 Å². The van der Waals surface area contributed by atoms with Crippen molar-refractivity contribution in [3.8, 4) is 0 Å². The van der Waals surface area contributed by atoms with E-state index in [-0.39, 0.29) is 10.5 Å². The smallest absolute Gasteiger partial charge is 0.156 e. The van der Waals surface area contributed by atoms with Crippen molar-refractivity contribution in [2.24, 2.45) is 0 Å². The van der Waals surface area contributed by atoms with Crippen LogP contribution in [0, 0.1) is 0 Å². The van der Waals surface area contributed by atoms with Gasteiger partial charge in [-0.2, -0.15) is 5.10 Å². The van der Waals surface area contributed by atoms with E-state index in [2.05, 4.69) is 17.0 Å². The molecule has 2 heterocycles. The van der Waals surface area contributed by atoms with Crippen molar-refractivity contribution in [2.45, 2.75) is 44.4 Å². The number of aryl methyl sites for hydroxylation is 1. The fourth-order valence-electron chi connectivity index (χ4n) is 2.02. The molecule has 1 unspecified atom stereocenters. The summed E-state index contributed by atoms with van der Waals surface area (Å²) in [7, 11) is 0. The number of ketones is 1. The summed E-state index contributed by atoms with van der Waals surface area (Å²) in [5.41, 5.74) is 0. The van der Waals surface area contributed by atoms with E-state index in [0.717, 1.165) is 31.0 Å². The van der Waals surface area contributed by atoms with Gasteiger partial charge in [0.25, 0.3) is 0 Å². The molecule has 0 bridgehead atoms. The van der Waals surface area contributed by atoms with E-state index in [1.54, 1.807) is 16.4 Å². The van der Waals surface area contributed by atoms with Crippen LogP contribution < -0.4 is 0 Å². The number of rotatable bonds is 4. The van der Waals surface area contributed by atoms with Gasteiger partial charge in [0.2, 0.25) is 0 Å². The summed E-state index contributed by atoms with van der Waals surface area (Å²) < 4.78 is 1.60. The molecule has 5 heteroatoms. The molecule has 0 spiro atoms. The maximum atomic E-state index is 12.2. The Morgan fingerprint density at radius 2 is 2.50 bits per heavy atom. The van der Waals surface area contributed by atoms with Gasteiger partial charge in [0, 0.05) is 6.54 Å². The zero-order valence-corrected chi connectivity index (χ0v) is 10.6. The third-order valence-corrected chi connectivity index (χ3v) is 4.68. The molecule has 1 aliphatic rings. The average Bonchev–Trinajstić information content (AvgIpc) is 2.87. The highest BCUT2D eigenvalue weighted by atomic mass is 32.2. The molecule has 1 saturated heterocycles. The lowest BCUT2D eigenvalue weighted by atomic mass is 9.98. The number of hydrogen-bond acceptors (Lipinski definition) is 4. The standard InChI is InChI=1S/C11H17N3OS/c1-3-14-10(12-8-13-14)7-9(15)11(2)5-4-6-16-11/h8H,3-7H2,1-2H3. The van der Waals surface area contributed by atoms with E-state index in [4.69, 9.17) is 0 Å². The van der Waals surface area contributed by atoms with Crippen LogP contribution in [-0.4, -0.2) is 31.0 Å². The number of hydrogen-bond donors (Lipinski definition) is 0. The van der Waals surface area contributed by atoms with E-state index >= 15 is 0 Å². The van der Waals surface area contributed by atoms with Crippen molar-refractivity contribution < 1.29 is 4.79 Å². The largest absolute Gasteiger partial charge is 0.298 e. The van der Waals surface area contributed by atoms with Crippen LogP contribution in [0.3, 0.4) is 0 Å². The molecule has 0 amide bonds. The van der Waals surface area contributed by atoms with Gasteiger partial charge in [-0.3, -0.25) is 4.79 Å². The minimum atomic E-state index is -0.190.